The van der Waals surface area contributed by atoms with Crippen molar-refractivity contribution in [2.75, 3.05) is 0 Å². The largest absolute Gasteiger partial charge is 0.350 e. The number of benzene rings is 2. The van der Waals surface area contributed by atoms with E-state index in [9.17, 15) is 14.0 Å². The van der Waals surface area contributed by atoms with Crippen LogP contribution in [0.5, 0.6) is 0 Å². The zero-order valence-corrected chi connectivity index (χ0v) is 15.1. The van der Waals surface area contributed by atoms with Crippen LogP contribution >= 0.6 is 0 Å². The Balaban J connectivity index is 2.33. The fourth-order valence-corrected chi connectivity index (χ4v) is 2.33. The van der Waals surface area contributed by atoms with Crippen molar-refractivity contribution in [3.63, 3.8) is 0 Å². The molecule has 0 spiro atoms. The molecule has 0 bridgehead atoms. The zero-order valence-electron chi connectivity index (χ0n) is 15.1. The second-order valence-electron chi connectivity index (χ2n) is 6.17. The van der Waals surface area contributed by atoms with Gasteiger partial charge in [-0.2, -0.15) is 0 Å². The number of nitrogens with one attached hydrogen (secondary N) is 2. The van der Waals surface area contributed by atoms with Gasteiger partial charge in [0.05, 0.1) is 0 Å². The van der Waals surface area contributed by atoms with E-state index >= 15 is 0 Å². The Labute approximate surface area is 157 Å². The summed E-state index contributed by atoms with van der Waals surface area (Å²) in [7, 11) is 0. The first kappa shape index (κ1) is 20.1. The van der Waals surface area contributed by atoms with Crippen LogP contribution in [0.1, 0.15) is 30.5 Å². The molecule has 0 saturated carbocycles. The van der Waals surface area contributed by atoms with Gasteiger partial charge in [0.15, 0.2) is 0 Å². The first-order valence-electron chi connectivity index (χ1n) is 8.39. The van der Waals surface area contributed by atoms with E-state index in [1.807, 2.05) is 13.8 Å². The summed E-state index contributed by atoms with van der Waals surface area (Å²) < 4.78 is 13.2. The maximum absolute atomic E-state index is 13.2. The molecule has 2 aromatic rings. The quantitative estimate of drug-likeness (QED) is 0.316. The molecule has 0 unspecified atom stereocenters. The summed E-state index contributed by atoms with van der Waals surface area (Å²) in [4.78, 5) is 23.6. The van der Waals surface area contributed by atoms with Crippen LogP contribution in [0, 0.1) is 5.82 Å². The smallest absolute Gasteiger partial charge is 0.267 e. The van der Waals surface area contributed by atoms with E-state index in [2.05, 4.69) is 5.32 Å². The van der Waals surface area contributed by atoms with Crippen molar-refractivity contribution < 1.29 is 19.2 Å². The van der Waals surface area contributed by atoms with Gasteiger partial charge >= 0.3 is 0 Å². The lowest BCUT2D eigenvalue weighted by Gasteiger charge is -2.12. The van der Waals surface area contributed by atoms with Crippen molar-refractivity contribution in [1.29, 1.82) is 0 Å². The van der Waals surface area contributed by atoms with E-state index in [0.717, 1.165) is 11.1 Å². The van der Waals surface area contributed by atoms with Gasteiger partial charge in [-0.25, -0.2) is 9.87 Å². The van der Waals surface area contributed by atoms with Crippen molar-refractivity contribution in [2.24, 2.45) is 0 Å². The molecule has 140 valence electrons. The summed E-state index contributed by atoms with van der Waals surface area (Å²) in [5, 5.41) is 11.3. The number of halogens is 1. The molecule has 2 amide bonds. The highest BCUT2D eigenvalue weighted by molar-refractivity contribution is 6.24. The first-order chi connectivity index (χ1) is 12.9. The normalized spacial score (nSPS) is 11.7. The van der Waals surface area contributed by atoms with Crippen LogP contribution in [-0.4, -0.2) is 23.1 Å². The van der Waals surface area contributed by atoms with E-state index in [-0.39, 0.29) is 17.8 Å². The Morgan fingerprint density at radius 2 is 1.59 bits per heavy atom. The number of amides is 2. The molecule has 2 aromatic carbocycles. The number of rotatable bonds is 6. The van der Waals surface area contributed by atoms with E-state index in [1.165, 1.54) is 23.7 Å². The number of carbonyl (C=O) groups excluding carboxylic acids is 2. The topological polar surface area (TPSA) is 78.4 Å². The molecule has 0 saturated heterocycles. The maximum Gasteiger partial charge on any atom is 0.267 e. The average Bonchev–Trinajstić information content (AvgIpc) is 2.65. The summed E-state index contributed by atoms with van der Waals surface area (Å²) in [6.45, 7) is 3.73. The molecule has 0 aromatic heterocycles. The molecule has 0 aliphatic carbocycles. The Morgan fingerprint density at radius 1 is 1.00 bits per heavy atom. The molecule has 0 radical (unpaired) electrons. The van der Waals surface area contributed by atoms with Crippen molar-refractivity contribution >= 4 is 29.5 Å². The summed E-state index contributed by atoms with van der Waals surface area (Å²) in [6.07, 6.45) is 4.47. The van der Waals surface area contributed by atoms with E-state index < -0.39 is 5.91 Å². The van der Waals surface area contributed by atoms with Gasteiger partial charge in [-0.1, -0.05) is 36.4 Å². The third-order valence-electron chi connectivity index (χ3n) is 3.60. The molecule has 0 aliphatic heterocycles. The van der Waals surface area contributed by atoms with E-state index in [4.69, 9.17) is 5.21 Å². The minimum absolute atomic E-state index is 0.0356. The minimum atomic E-state index is -0.622. The van der Waals surface area contributed by atoms with E-state index in [0.29, 0.717) is 11.1 Å². The SMILES string of the molecule is CC(C)NC(=O)/C(=C/c1ccc(/C=C/C(=O)NO)cc1)c1ccc(F)cc1. The Morgan fingerprint density at radius 3 is 2.15 bits per heavy atom. The summed E-state index contributed by atoms with van der Waals surface area (Å²) >= 11 is 0. The molecule has 0 atom stereocenters. The number of hydrogen-bond acceptors (Lipinski definition) is 3. The second-order valence-corrected chi connectivity index (χ2v) is 6.17. The van der Waals surface area contributed by atoms with Crippen LogP contribution < -0.4 is 10.8 Å². The van der Waals surface area contributed by atoms with Crippen LogP contribution in [0.2, 0.25) is 0 Å². The maximum atomic E-state index is 13.2. The van der Waals surface area contributed by atoms with Crippen LogP contribution in [-0.2, 0) is 9.59 Å². The van der Waals surface area contributed by atoms with Crippen LogP contribution in [0.4, 0.5) is 4.39 Å². The van der Waals surface area contributed by atoms with Crippen LogP contribution in [0.3, 0.4) is 0 Å². The molecular formula is C21H21FN2O3. The van der Waals surface area contributed by atoms with Crippen LogP contribution in [0.15, 0.2) is 54.6 Å². The molecule has 27 heavy (non-hydrogen) atoms. The monoisotopic (exact) mass is 368 g/mol. The number of hydroxylamine groups is 1. The fraction of sp³-hybridized carbons (Fsp3) is 0.143. The second kappa shape index (κ2) is 9.45. The predicted octanol–water partition coefficient (Wildman–Crippen LogP) is 3.41. The molecule has 0 heterocycles. The number of carbonyl (C=O) groups is 2. The highest BCUT2D eigenvalue weighted by Gasteiger charge is 2.13. The molecule has 6 heteroatoms. The van der Waals surface area contributed by atoms with Gasteiger partial charge < -0.3 is 5.32 Å². The van der Waals surface area contributed by atoms with Gasteiger partial charge in [-0.05, 0) is 54.8 Å². The van der Waals surface area contributed by atoms with Gasteiger partial charge in [0.1, 0.15) is 5.82 Å². The molecule has 3 N–H and O–H groups in total. The Kier molecular flexibility index (Phi) is 7.02. The summed E-state index contributed by atoms with van der Waals surface area (Å²) in [5.41, 5.74) is 4.08. The van der Waals surface area contributed by atoms with Crippen molar-refractivity contribution in [2.45, 2.75) is 19.9 Å². The molecule has 0 fully saturated rings. The zero-order chi connectivity index (χ0) is 19.8. The van der Waals surface area contributed by atoms with Gasteiger partial charge in [0.25, 0.3) is 11.8 Å². The lowest BCUT2D eigenvalue weighted by Crippen LogP contribution is -2.30. The van der Waals surface area contributed by atoms with Gasteiger partial charge in [-0.3, -0.25) is 14.8 Å². The standard InChI is InChI=1S/C21H21FN2O3/c1-14(2)23-21(26)19(17-8-10-18(22)11-9-17)13-16-5-3-15(4-6-16)7-12-20(25)24-27/h3-14,27H,1-2H3,(H,23,26)(H,24,25)/b12-7+,19-13+. The third kappa shape index (κ3) is 6.20. The Hall–Kier alpha value is -3.25. The highest BCUT2D eigenvalue weighted by atomic mass is 19.1. The van der Waals surface area contributed by atoms with Crippen LogP contribution in [0.25, 0.3) is 17.7 Å². The predicted molar refractivity (Wildman–Crippen MR) is 103 cm³/mol. The van der Waals surface area contributed by atoms with Crippen molar-refractivity contribution in [3.8, 4) is 0 Å². The lowest BCUT2D eigenvalue weighted by atomic mass is 10.0. The van der Waals surface area contributed by atoms with Crippen molar-refractivity contribution in [1.82, 2.24) is 10.8 Å². The van der Waals surface area contributed by atoms with E-state index in [1.54, 1.807) is 48.6 Å². The fourth-order valence-electron chi connectivity index (χ4n) is 2.33. The minimum Gasteiger partial charge on any atom is -0.350 e. The molecular weight excluding hydrogens is 347 g/mol. The molecule has 0 aliphatic rings. The molecule has 5 nitrogen and oxygen atoms in total. The van der Waals surface area contributed by atoms with Gasteiger partial charge in [0.2, 0.25) is 0 Å². The van der Waals surface area contributed by atoms with Crippen molar-refractivity contribution in [3.05, 3.63) is 77.1 Å². The lowest BCUT2D eigenvalue weighted by molar-refractivity contribution is -0.124. The summed E-state index contributed by atoms with van der Waals surface area (Å²) in [6, 6.07) is 12.8. The molecule has 2 rings (SSSR count). The van der Waals surface area contributed by atoms with Gasteiger partial charge in [-0.15, -0.1) is 0 Å². The average molecular weight is 368 g/mol. The Bertz CT molecular complexity index is 854. The highest BCUT2D eigenvalue weighted by Crippen LogP contribution is 2.20. The summed E-state index contributed by atoms with van der Waals surface area (Å²) in [5.74, 6) is -1.24. The van der Waals surface area contributed by atoms with Gasteiger partial charge in [0, 0.05) is 17.7 Å². The first-order valence-corrected chi connectivity index (χ1v) is 8.39. The third-order valence-corrected chi connectivity index (χ3v) is 3.60. The number of hydrogen-bond donors (Lipinski definition) is 3.